The van der Waals surface area contributed by atoms with Crippen LogP contribution in [0.2, 0.25) is 0 Å². The van der Waals surface area contributed by atoms with Gasteiger partial charge in [0.25, 0.3) is 0 Å². The molecule has 2 aliphatic rings. The lowest BCUT2D eigenvalue weighted by atomic mass is 9.93. The third kappa shape index (κ3) is 11.9. The van der Waals surface area contributed by atoms with Crippen molar-refractivity contribution in [1.29, 1.82) is 0 Å². The van der Waals surface area contributed by atoms with Gasteiger partial charge in [0.1, 0.15) is 74.1 Å². The van der Waals surface area contributed by atoms with Crippen molar-refractivity contribution in [3.63, 3.8) is 0 Å². The summed E-state index contributed by atoms with van der Waals surface area (Å²) in [5.41, 5.74) is 13.0. The summed E-state index contributed by atoms with van der Waals surface area (Å²) in [6.45, 7) is 2.27. The Morgan fingerprint density at radius 2 is 0.355 bits per heavy atom. The molecular weight excluding hydrogens is 1140 g/mol. The minimum atomic E-state index is 0.370. The van der Waals surface area contributed by atoms with Crippen molar-refractivity contribution in [2.24, 2.45) is 0 Å². The van der Waals surface area contributed by atoms with E-state index in [-0.39, 0.29) is 0 Å². The van der Waals surface area contributed by atoms with E-state index in [0.717, 1.165) is 166 Å². The summed E-state index contributed by atoms with van der Waals surface area (Å²) in [6, 6.07) is 103. The zero-order chi connectivity index (χ0) is 61.9. The quantitative estimate of drug-likeness (QED) is 0.151. The van der Waals surface area contributed by atoms with Crippen molar-refractivity contribution >= 4 is 64.6 Å². The standard InChI is InChI=1S/C87H66O6/c1-7-25-70-64(19-1)35-41-82-76(70)49-78-72-27-9-3-21-66(72)37-43-84(78)90-54-60-15-13-17-62(47-60)56-92-86-45-39-68-23-5-11-29-74(68)80(86)51-81-75-30-12-6-24-69(75)40-46-87(81)93-57-63-18-14-16-61(48-63)55-91-85-44-38-67-22-4-10-28-73(67)79(85)50-77-71-26-8-2-20-65(71)36-42-83(77)89-53-59-33-31-58(32-34-59)52-88-82/h1-48H,49-57H2. The molecule has 0 saturated heterocycles. The molecule has 93 heavy (non-hydrogen) atoms. The van der Waals surface area contributed by atoms with Gasteiger partial charge in [0, 0.05) is 52.6 Å². The van der Waals surface area contributed by atoms with E-state index in [0.29, 0.717) is 58.9 Å². The molecule has 0 radical (unpaired) electrons. The molecule has 17 rings (SSSR count). The Kier molecular flexibility index (Phi) is 15.6. The van der Waals surface area contributed by atoms with E-state index in [9.17, 15) is 0 Å². The first-order valence-electron chi connectivity index (χ1n) is 32.1. The molecule has 0 amide bonds. The zero-order valence-corrected chi connectivity index (χ0v) is 51.5. The second-order valence-electron chi connectivity index (χ2n) is 24.3. The average molecular weight is 1210 g/mol. The fraction of sp³-hybridized carbons (Fsp3) is 0.103. The highest BCUT2D eigenvalue weighted by molar-refractivity contribution is 5.95. The van der Waals surface area contributed by atoms with E-state index in [1.807, 2.05) is 0 Å². The summed E-state index contributed by atoms with van der Waals surface area (Å²) >= 11 is 0. The number of rotatable bonds is 0. The van der Waals surface area contributed by atoms with E-state index in [1.165, 1.54) is 0 Å². The number of hydrogen-bond donors (Lipinski definition) is 0. The molecule has 0 aromatic heterocycles. The SMILES string of the molecule is c1cc2cc(c1)COc1ccc3ccccc3c1Cc1c(ccc3ccccc13)OCc1cccc(c1)COc1ccc3ccccc3c1Cc1c(ccc3ccccc13)OCc1ccc(cc1)COc1ccc3ccccc3c1Cc1c(ccc3ccccc13)OC2. The normalized spacial score (nSPS) is 13.3. The van der Waals surface area contributed by atoms with Gasteiger partial charge in [-0.15, -0.1) is 0 Å². The van der Waals surface area contributed by atoms with E-state index in [1.54, 1.807) is 0 Å². The predicted octanol–water partition coefficient (Wildman–Crippen LogP) is 21.2. The third-order valence-corrected chi connectivity index (χ3v) is 18.4. The zero-order valence-electron chi connectivity index (χ0n) is 51.5. The van der Waals surface area contributed by atoms with Crippen LogP contribution in [0.5, 0.6) is 34.5 Å². The van der Waals surface area contributed by atoms with Crippen molar-refractivity contribution < 1.29 is 28.4 Å². The van der Waals surface area contributed by atoms with Crippen LogP contribution in [0.25, 0.3) is 64.6 Å². The summed E-state index contributed by atoms with van der Waals surface area (Å²) in [5, 5.41) is 13.8. The van der Waals surface area contributed by atoms with Gasteiger partial charge in [0.2, 0.25) is 0 Å². The Morgan fingerprint density at radius 1 is 0.161 bits per heavy atom. The van der Waals surface area contributed by atoms with Crippen molar-refractivity contribution in [2.75, 3.05) is 0 Å². The van der Waals surface area contributed by atoms with Crippen LogP contribution in [0.3, 0.4) is 0 Å². The van der Waals surface area contributed by atoms with E-state index >= 15 is 0 Å². The molecule has 2 heterocycles. The van der Waals surface area contributed by atoms with Crippen LogP contribution in [-0.4, -0.2) is 0 Å². The maximum Gasteiger partial charge on any atom is 0.123 e. The van der Waals surface area contributed by atoms with Gasteiger partial charge >= 0.3 is 0 Å². The van der Waals surface area contributed by atoms with Gasteiger partial charge in [-0.3, -0.25) is 0 Å². The summed E-state index contributed by atoms with van der Waals surface area (Å²) < 4.78 is 41.7. The smallest absolute Gasteiger partial charge is 0.123 e. The van der Waals surface area contributed by atoms with Gasteiger partial charge in [-0.2, -0.15) is 0 Å². The van der Waals surface area contributed by atoms with Gasteiger partial charge in [-0.1, -0.05) is 243 Å². The number of hydrogen-bond acceptors (Lipinski definition) is 6. The van der Waals surface area contributed by atoms with E-state index < -0.39 is 0 Å². The minimum absolute atomic E-state index is 0.370. The van der Waals surface area contributed by atoms with Crippen molar-refractivity contribution in [3.05, 3.63) is 358 Å². The van der Waals surface area contributed by atoms with Gasteiger partial charge in [0.05, 0.1) is 0 Å². The highest BCUT2D eigenvalue weighted by Crippen LogP contribution is 2.41. The van der Waals surface area contributed by atoms with Crippen LogP contribution < -0.4 is 28.4 Å². The highest BCUT2D eigenvalue weighted by Gasteiger charge is 2.21. The Balaban J connectivity index is 0.775. The Labute approximate surface area is 541 Å². The predicted molar refractivity (Wildman–Crippen MR) is 377 cm³/mol. The molecule has 6 nitrogen and oxygen atoms in total. The second-order valence-corrected chi connectivity index (χ2v) is 24.3. The van der Waals surface area contributed by atoms with Gasteiger partial charge in [-0.25, -0.2) is 0 Å². The van der Waals surface area contributed by atoms with Gasteiger partial charge in [-0.05, 0) is 147 Å². The van der Waals surface area contributed by atoms with E-state index in [4.69, 9.17) is 28.4 Å². The highest BCUT2D eigenvalue weighted by atomic mass is 16.5. The molecule has 2 aliphatic heterocycles. The van der Waals surface area contributed by atoms with Crippen molar-refractivity contribution in [1.82, 2.24) is 0 Å². The van der Waals surface area contributed by atoms with Crippen molar-refractivity contribution in [3.8, 4) is 34.5 Å². The van der Waals surface area contributed by atoms with Crippen LogP contribution in [0.15, 0.2) is 291 Å². The second kappa shape index (κ2) is 25.5. The lowest BCUT2D eigenvalue weighted by molar-refractivity contribution is 0.295. The topological polar surface area (TPSA) is 55.4 Å². The molecule has 0 spiro atoms. The number of benzene rings is 15. The first kappa shape index (κ1) is 56.9. The van der Waals surface area contributed by atoms with Crippen molar-refractivity contribution in [2.45, 2.75) is 58.9 Å². The Bertz CT molecular complexity index is 4950. The van der Waals surface area contributed by atoms with Crippen LogP contribution in [-0.2, 0) is 58.9 Å². The molecule has 0 aliphatic carbocycles. The molecule has 15 aromatic rings. The summed E-state index contributed by atoms with van der Waals surface area (Å²) in [7, 11) is 0. The van der Waals surface area contributed by atoms with Crippen LogP contribution >= 0.6 is 0 Å². The van der Waals surface area contributed by atoms with Gasteiger partial charge in [0.15, 0.2) is 0 Å². The maximum atomic E-state index is 6.98. The third-order valence-electron chi connectivity index (χ3n) is 18.4. The molecule has 15 aromatic carbocycles. The fourth-order valence-corrected chi connectivity index (χ4v) is 13.6. The molecule has 0 saturated carbocycles. The largest absolute Gasteiger partial charge is 0.489 e. The van der Waals surface area contributed by atoms with Gasteiger partial charge < -0.3 is 28.4 Å². The lowest BCUT2D eigenvalue weighted by Gasteiger charge is -2.19. The first-order valence-corrected chi connectivity index (χ1v) is 32.1. The maximum absolute atomic E-state index is 6.98. The Hall–Kier alpha value is -11.3. The number of fused-ring (bicyclic) bond motifs is 14. The van der Waals surface area contributed by atoms with Crippen LogP contribution in [0, 0.1) is 0 Å². The molecule has 0 fully saturated rings. The Morgan fingerprint density at radius 3 is 0.570 bits per heavy atom. The summed E-state index contributed by atoms with van der Waals surface area (Å²) in [5.74, 6) is 5.00. The molecule has 0 N–H and O–H groups in total. The molecule has 6 bridgehead atoms. The minimum Gasteiger partial charge on any atom is -0.489 e. The number of ether oxygens (including phenoxy) is 6. The molecule has 6 heteroatoms. The van der Waals surface area contributed by atoms with E-state index in [2.05, 4.69) is 291 Å². The fourth-order valence-electron chi connectivity index (χ4n) is 13.6. The summed E-state index contributed by atoms with van der Waals surface area (Å²) in [4.78, 5) is 0. The molecular formula is C87H66O6. The molecule has 450 valence electrons. The molecule has 0 atom stereocenters. The monoisotopic (exact) mass is 1210 g/mol. The first-order chi connectivity index (χ1) is 46.0. The summed E-state index contributed by atoms with van der Waals surface area (Å²) in [6.07, 6.45) is 1.78. The van der Waals surface area contributed by atoms with Crippen LogP contribution in [0.1, 0.15) is 66.8 Å². The van der Waals surface area contributed by atoms with Crippen LogP contribution in [0.4, 0.5) is 0 Å². The molecule has 0 unspecified atom stereocenters. The lowest BCUT2D eigenvalue weighted by Crippen LogP contribution is -2.05. The average Bonchev–Trinajstić information content (AvgIpc) is 1.48.